The maximum absolute atomic E-state index is 10.2. The molecule has 4 heteroatoms. The number of hydrogen-bond donors (Lipinski definition) is 1. The van der Waals surface area contributed by atoms with Crippen LogP contribution in [-0.4, -0.2) is 33.9 Å². The molecule has 2 aromatic rings. The van der Waals surface area contributed by atoms with Gasteiger partial charge >= 0.3 is 0 Å². The molecule has 0 atom stereocenters. The third kappa shape index (κ3) is 2.76. The Bertz CT molecular complexity index is 559. The molecule has 4 nitrogen and oxygen atoms in total. The molecule has 1 N–H and O–H groups in total. The molecular formula is C16H20N2O2. The molecule has 1 saturated heterocycles. The first-order valence-corrected chi connectivity index (χ1v) is 7.14. The van der Waals surface area contributed by atoms with Crippen LogP contribution in [-0.2, 0) is 6.54 Å². The lowest BCUT2D eigenvalue weighted by atomic mass is 9.89. The maximum atomic E-state index is 10.2. The highest BCUT2D eigenvalue weighted by molar-refractivity contribution is 5.56. The van der Waals surface area contributed by atoms with Crippen molar-refractivity contribution in [1.82, 2.24) is 10.1 Å². The molecule has 0 amide bonds. The predicted molar refractivity (Wildman–Crippen MR) is 77.1 cm³/mol. The highest BCUT2D eigenvalue weighted by Crippen LogP contribution is 2.28. The van der Waals surface area contributed by atoms with E-state index >= 15 is 0 Å². The van der Waals surface area contributed by atoms with E-state index in [2.05, 4.69) is 17.0 Å². The van der Waals surface area contributed by atoms with Crippen LogP contribution < -0.4 is 0 Å². The Morgan fingerprint density at radius 2 is 2.05 bits per heavy atom. The van der Waals surface area contributed by atoms with Gasteiger partial charge in [-0.3, -0.25) is 4.90 Å². The minimum Gasteiger partial charge on any atom is -0.387 e. The van der Waals surface area contributed by atoms with Crippen LogP contribution in [0.2, 0.25) is 0 Å². The van der Waals surface area contributed by atoms with E-state index in [1.165, 1.54) is 0 Å². The summed E-state index contributed by atoms with van der Waals surface area (Å²) in [5.41, 5.74) is 1.47. The van der Waals surface area contributed by atoms with E-state index in [4.69, 9.17) is 4.52 Å². The highest BCUT2D eigenvalue weighted by Gasteiger charge is 2.40. The van der Waals surface area contributed by atoms with Crippen LogP contribution in [0.5, 0.6) is 0 Å². The van der Waals surface area contributed by atoms with Gasteiger partial charge in [-0.1, -0.05) is 48.8 Å². The number of rotatable bonds is 5. The van der Waals surface area contributed by atoms with Crippen LogP contribution in [0.3, 0.4) is 0 Å². The third-order valence-electron chi connectivity index (χ3n) is 3.75. The Morgan fingerprint density at radius 1 is 1.30 bits per heavy atom. The summed E-state index contributed by atoms with van der Waals surface area (Å²) in [5, 5.41) is 14.3. The fourth-order valence-corrected chi connectivity index (χ4v) is 2.88. The topological polar surface area (TPSA) is 49.5 Å². The second-order valence-corrected chi connectivity index (χ2v) is 5.67. The summed E-state index contributed by atoms with van der Waals surface area (Å²) in [6, 6.07) is 11.9. The van der Waals surface area contributed by atoms with E-state index in [9.17, 15) is 5.11 Å². The van der Waals surface area contributed by atoms with Crippen LogP contribution in [0.4, 0.5) is 0 Å². The molecule has 1 aliphatic heterocycles. The summed E-state index contributed by atoms with van der Waals surface area (Å²) >= 11 is 0. The second-order valence-electron chi connectivity index (χ2n) is 5.67. The molecule has 20 heavy (non-hydrogen) atoms. The molecule has 0 radical (unpaired) electrons. The van der Waals surface area contributed by atoms with Crippen molar-refractivity contribution in [3.05, 3.63) is 42.1 Å². The number of aromatic nitrogens is 1. The highest BCUT2D eigenvalue weighted by atomic mass is 16.5. The van der Waals surface area contributed by atoms with Crippen molar-refractivity contribution in [1.29, 1.82) is 0 Å². The molecule has 0 aliphatic carbocycles. The van der Waals surface area contributed by atoms with Crippen molar-refractivity contribution in [2.45, 2.75) is 31.9 Å². The van der Waals surface area contributed by atoms with Crippen molar-refractivity contribution in [3.63, 3.8) is 0 Å². The van der Waals surface area contributed by atoms with Crippen LogP contribution >= 0.6 is 0 Å². The molecule has 0 bridgehead atoms. The molecule has 1 fully saturated rings. The second kappa shape index (κ2) is 5.38. The van der Waals surface area contributed by atoms with Crippen molar-refractivity contribution >= 4 is 0 Å². The zero-order chi connectivity index (χ0) is 14.0. The van der Waals surface area contributed by atoms with Crippen molar-refractivity contribution in [2.75, 3.05) is 13.1 Å². The number of β-amino-alcohol motifs (C(OH)–C–C–N with tert-alkyl or cyclic N) is 1. The molecule has 0 unspecified atom stereocenters. The van der Waals surface area contributed by atoms with Crippen molar-refractivity contribution < 1.29 is 9.63 Å². The summed E-state index contributed by atoms with van der Waals surface area (Å²) in [7, 11) is 0. The molecule has 3 rings (SSSR count). The standard InChI is InChI=1S/C16H20N2O2/c1-2-8-16(19)11-18(12-16)10-14-9-15(20-17-14)13-6-4-3-5-7-13/h3-7,9,19H,2,8,10-12H2,1H3. The van der Waals surface area contributed by atoms with Gasteiger partial charge in [-0.15, -0.1) is 0 Å². The first-order chi connectivity index (χ1) is 9.68. The number of benzene rings is 1. The predicted octanol–water partition coefficient (Wildman–Crippen LogP) is 2.69. The van der Waals surface area contributed by atoms with Gasteiger partial charge in [-0.05, 0) is 6.42 Å². The van der Waals surface area contributed by atoms with E-state index in [1.54, 1.807) is 0 Å². The van der Waals surface area contributed by atoms with Gasteiger partial charge in [0, 0.05) is 31.3 Å². The van der Waals surface area contributed by atoms with Gasteiger partial charge < -0.3 is 9.63 Å². The Morgan fingerprint density at radius 3 is 2.75 bits per heavy atom. The molecule has 1 aromatic carbocycles. The van der Waals surface area contributed by atoms with E-state index in [1.807, 2.05) is 36.4 Å². The minimum absolute atomic E-state index is 0.485. The van der Waals surface area contributed by atoms with Crippen LogP contribution in [0.15, 0.2) is 40.9 Å². The summed E-state index contributed by atoms with van der Waals surface area (Å²) < 4.78 is 5.38. The van der Waals surface area contributed by atoms with Gasteiger partial charge in [-0.25, -0.2) is 0 Å². The Balaban J connectivity index is 1.59. The first-order valence-electron chi connectivity index (χ1n) is 7.14. The SMILES string of the molecule is CCCC1(O)CN(Cc2cc(-c3ccccc3)on2)C1. The van der Waals surface area contributed by atoms with Gasteiger partial charge in [0.1, 0.15) is 0 Å². The summed E-state index contributed by atoms with van der Waals surface area (Å²) in [6.45, 7) is 4.30. The third-order valence-corrected chi connectivity index (χ3v) is 3.75. The summed E-state index contributed by atoms with van der Waals surface area (Å²) in [5.74, 6) is 0.796. The summed E-state index contributed by atoms with van der Waals surface area (Å²) in [6.07, 6.45) is 1.89. The largest absolute Gasteiger partial charge is 0.387 e. The molecule has 1 aromatic heterocycles. The molecule has 0 spiro atoms. The zero-order valence-corrected chi connectivity index (χ0v) is 11.7. The van der Waals surface area contributed by atoms with Crippen molar-refractivity contribution in [3.8, 4) is 11.3 Å². The van der Waals surface area contributed by atoms with Crippen LogP contribution in [0.25, 0.3) is 11.3 Å². The Hall–Kier alpha value is -1.65. The fourth-order valence-electron chi connectivity index (χ4n) is 2.88. The van der Waals surface area contributed by atoms with Crippen LogP contribution in [0, 0.1) is 0 Å². The molecule has 1 aliphatic rings. The minimum atomic E-state index is -0.485. The number of nitrogens with zero attached hydrogens (tertiary/aromatic N) is 2. The molecule has 106 valence electrons. The maximum Gasteiger partial charge on any atom is 0.167 e. The lowest BCUT2D eigenvalue weighted by Crippen LogP contribution is -2.60. The average molecular weight is 272 g/mol. The van der Waals surface area contributed by atoms with Crippen LogP contribution in [0.1, 0.15) is 25.5 Å². The monoisotopic (exact) mass is 272 g/mol. The Kier molecular flexibility index (Phi) is 3.59. The van der Waals surface area contributed by atoms with Crippen molar-refractivity contribution in [2.24, 2.45) is 0 Å². The normalized spacial score (nSPS) is 17.9. The molecule has 2 heterocycles. The van der Waals surface area contributed by atoms with Gasteiger partial charge in [0.15, 0.2) is 5.76 Å². The number of aliphatic hydroxyl groups is 1. The van der Waals surface area contributed by atoms with E-state index in [0.717, 1.165) is 49.5 Å². The molecule has 0 saturated carbocycles. The lowest BCUT2D eigenvalue weighted by Gasteiger charge is -2.46. The lowest BCUT2D eigenvalue weighted by molar-refractivity contribution is -0.107. The average Bonchev–Trinajstić information content (AvgIpc) is 2.87. The first kappa shape index (κ1) is 13.3. The molecular weight excluding hydrogens is 252 g/mol. The summed E-state index contributed by atoms with van der Waals surface area (Å²) in [4.78, 5) is 2.20. The Labute approximate surface area is 119 Å². The van der Waals surface area contributed by atoms with E-state index < -0.39 is 5.60 Å². The van der Waals surface area contributed by atoms with Gasteiger partial charge in [0.25, 0.3) is 0 Å². The quantitative estimate of drug-likeness (QED) is 0.909. The number of hydrogen-bond acceptors (Lipinski definition) is 4. The zero-order valence-electron chi connectivity index (χ0n) is 11.7. The van der Waals surface area contributed by atoms with Gasteiger partial charge in [0.05, 0.1) is 11.3 Å². The van der Waals surface area contributed by atoms with E-state index in [0.29, 0.717) is 0 Å². The van der Waals surface area contributed by atoms with Gasteiger partial charge in [-0.2, -0.15) is 0 Å². The van der Waals surface area contributed by atoms with Gasteiger partial charge in [0.2, 0.25) is 0 Å². The smallest absolute Gasteiger partial charge is 0.167 e. The fraction of sp³-hybridized carbons (Fsp3) is 0.438. The van der Waals surface area contributed by atoms with E-state index in [-0.39, 0.29) is 0 Å². The number of likely N-dealkylation sites (tertiary alicyclic amines) is 1.